The number of rotatable bonds is 10. The fourth-order valence-electron chi connectivity index (χ4n) is 2.20. The molecule has 106 valence electrons. The molecule has 1 aliphatic rings. The lowest BCUT2D eigenvalue weighted by atomic mass is 10.0. The van der Waals surface area contributed by atoms with Crippen molar-refractivity contribution in [2.45, 2.75) is 65.2 Å². The summed E-state index contributed by atoms with van der Waals surface area (Å²) in [5.41, 5.74) is 0.0243. The Morgan fingerprint density at radius 3 is 2.50 bits per heavy atom. The molecule has 1 atom stereocenters. The molecule has 0 bridgehead atoms. The van der Waals surface area contributed by atoms with E-state index in [1.165, 1.54) is 25.7 Å². The highest BCUT2D eigenvalue weighted by atomic mass is 16.3. The number of nitrogens with one attached hydrogen (secondary N) is 1. The summed E-state index contributed by atoms with van der Waals surface area (Å²) in [6.07, 6.45) is 9.34. The molecule has 0 heterocycles. The van der Waals surface area contributed by atoms with Crippen LogP contribution < -0.4 is 5.32 Å². The highest BCUT2D eigenvalue weighted by Gasteiger charge is 2.42. The summed E-state index contributed by atoms with van der Waals surface area (Å²) in [6, 6.07) is 0. The Hall–Kier alpha value is -0.570. The van der Waals surface area contributed by atoms with Gasteiger partial charge in [-0.15, -0.1) is 0 Å². The molecule has 0 radical (unpaired) electrons. The number of aliphatic hydroxyl groups is 1. The minimum Gasteiger partial charge on any atom is -0.396 e. The molecule has 0 aromatic rings. The Labute approximate surface area is 111 Å². The summed E-state index contributed by atoms with van der Waals surface area (Å²) < 4.78 is 0. The molecule has 0 saturated heterocycles. The largest absolute Gasteiger partial charge is 0.396 e. The summed E-state index contributed by atoms with van der Waals surface area (Å²) in [5, 5.41) is 12.2. The van der Waals surface area contributed by atoms with Crippen molar-refractivity contribution in [2.24, 2.45) is 11.3 Å². The summed E-state index contributed by atoms with van der Waals surface area (Å²) in [6.45, 7) is 5.08. The molecular formula is C15H29NO2. The van der Waals surface area contributed by atoms with E-state index in [0.717, 1.165) is 25.7 Å². The Morgan fingerprint density at radius 2 is 1.94 bits per heavy atom. The predicted octanol–water partition coefficient (Wildman–Crippen LogP) is 2.87. The summed E-state index contributed by atoms with van der Waals surface area (Å²) >= 11 is 0. The van der Waals surface area contributed by atoms with Crippen LogP contribution in [0.3, 0.4) is 0 Å². The molecule has 1 rings (SSSR count). The van der Waals surface area contributed by atoms with Gasteiger partial charge in [0.1, 0.15) is 0 Å². The van der Waals surface area contributed by atoms with E-state index in [2.05, 4.69) is 12.2 Å². The van der Waals surface area contributed by atoms with E-state index in [9.17, 15) is 9.90 Å². The number of hydrogen-bond donors (Lipinski definition) is 2. The number of unbranched alkanes of at least 4 members (excludes halogenated alkanes) is 4. The summed E-state index contributed by atoms with van der Waals surface area (Å²) in [5.74, 6) is 0.270. The van der Waals surface area contributed by atoms with Crippen LogP contribution in [0.4, 0.5) is 0 Å². The van der Waals surface area contributed by atoms with Crippen molar-refractivity contribution >= 4 is 5.91 Å². The number of aliphatic hydroxyl groups excluding tert-OH is 1. The number of carbonyl (C=O) groups excluding carboxylic acids is 1. The third-order valence-corrected chi connectivity index (χ3v) is 4.12. The minimum atomic E-state index is 0.0243. The van der Waals surface area contributed by atoms with Crippen molar-refractivity contribution in [1.82, 2.24) is 5.32 Å². The zero-order chi connectivity index (χ0) is 13.4. The lowest BCUT2D eigenvalue weighted by molar-refractivity contribution is -0.125. The Kier molecular flexibility index (Phi) is 6.69. The van der Waals surface area contributed by atoms with Crippen molar-refractivity contribution in [2.75, 3.05) is 13.2 Å². The summed E-state index contributed by atoms with van der Waals surface area (Å²) in [4.78, 5) is 11.9. The molecule has 0 spiro atoms. The number of amides is 1. The van der Waals surface area contributed by atoms with Crippen LogP contribution in [-0.2, 0) is 4.79 Å². The van der Waals surface area contributed by atoms with Crippen LogP contribution in [-0.4, -0.2) is 24.2 Å². The van der Waals surface area contributed by atoms with E-state index in [4.69, 9.17) is 0 Å². The van der Waals surface area contributed by atoms with Gasteiger partial charge < -0.3 is 10.4 Å². The van der Waals surface area contributed by atoms with Crippen molar-refractivity contribution in [3.8, 4) is 0 Å². The van der Waals surface area contributed by atoms with Gasteiger partial charge in [0.05, 0.1) is 6.61 Å². The predicted molar refractivity (Wildman–Crippen MR) is 74.3 cm³/mol. The second-order valence-electron chi connectivity index (χ2n) is 5.98. The monoisotopic (exact) mass is 255 g/mol. The van der Waals surface area contributed by atoms with E-state index in [1.54, 1.807) is 0 Å². The quantitative estimate of drug-likeness (QED) is 0.590. The van der Waals surface area contributed by atoms with Crippen LogP contribution in [0.5, 0.6) is 0 Å². The van der Waals surface area contributed by atoms with Gasteiger partial charge in [-0.2, -0.15) is 0 Å². The van der Waals surface area contributed by atoms with E-state index in [1.807, 2.05) is 6.92 Å². The van der Waals surface area contributed by atoms with Gasteiger partial charge in [0.2, 0.25) is 5.91 Å². The van der Waals surface area contributed by atoms with Gasteiger partial charge in [-0.05, 0) is 19.3 Å². The first-order chi connectivity index (χ1) is 8.63. The third-order valence-electron chi connectivity index (χ3n) is 4.12. The zero-order valence-corrected chi connectivity index (χ0v) is 12.0. The van der Waals surface area contributed by atoms with Gasteiger partial charge >= 0.3 is 0 Å². The smallest absolute Gasteiger partial charge is 0.222 e. The van der Waals surface area contributed by atoms with Crippen molar-refractivity contribution in [1.29, 1.82) is 0 Å². The van der Waals surface area contributed by atoms with Crippen LogP contribution in [0.1, 0.15) is 65.2 Å². The highest BCUT2D eigenvalue weighted by molar-refractivity contribution is 5.78. The lowest BCUT2D eigenvalue weighted by Gasteiger charge is -2.16. The van der Waals surface area contributed by atoms with Crippen LogP contribution in [0.2, 0.25) is 0 Å². The van der Waals surface area contributed by atoms with Crippen molar-refractivity contribution < 1.29 is 9.90 Å². The van der Waals surface area contributed by atoms with E-state index in [0.29, 0.717) is 6.54 Å². The number of carbonyl (C=O) groups is 1. The van der Waals surface area contributed by atoms with Gasteiger partial charge in [0.15, 0.2) is 0 Å². The highest BCUT2D eigenvalue weighted by Crippen LogP contribution is 2.44. The molecule has 0 aliphatic heterocycles. The topological polar surface area (TPSA) is 49.3 Å². The van der Waals surface area contributed by atoms with Gasteiger partial charge in [0.25, 0.3) is 0 Å². The average molecular weight is 255 g/mol. The maximum Gasteiger partial charge on any atom is 0.222 e. The molecule has 3 heteroatoms. The first-order valence-electron chi connectivity index (χ1n) is 7.52. The first-order valence-corrected chi connectivity index (χ1v) is 7.52. The van der Waals surface area contributed by atoms with Crippen molar-refractivity contribution in [3.63, 3.8) is 0 Å². The maximum absolute atomic E-state index is 11.9. The molecule has 18 heavy (non-hydrogen) atoms. The Morgan fingerprint density at radius 1 is 1.28 bits per heavy atom. The van der Waals surface area contributed by atoms with E-state index >= 15 is 0 Å². The van der Waals surface area contributed by atoms with Crippen LogP contribution in [0, 0.1) is 11.3 Å². The van der Waals surface area contributed by atoms with E-state index in [-0.39, 0.29) is 23.8 Å². The maximum atomic E-state index is 11.9. The molecule has 1 aliphatic carbocycles. The molecule has 1 fully saturated rings. The molecule has 1 unspecified atom stereocenters. The molecule has 0 aromatic carbocycles. The normalized spacial score (nSPS) is 18.4. The second kappa shape index (κ2) is 7.78. The van der Waals surface area contributed by atoms with Crippen LogP contribution in [0.15, 0.2) is 0 Å². The average Bonchev–Trinajstić information content (AvgIpc) is 3.16. The van der Waals surface area contributed by atoms with Gasteiger partial charge in [0, 0.05) is 17.9 Å². The molecule has 1 amide bonds. The number of hydrogen-bond acceptors (Lipinski definition) is 2. The standard InChI is InChI=1S/C15H29NO2/c1-3-4-5-6-7-8-13(2)14(18)16-11-15(12-17)9-10-15/h13,17H,3-12H2,1-2H3,(H,16,18). The first kappa shape index (κ1) is 15.5. The van der Waals surface area contributed by atoms with Gasteiger partial charge in [-0.3, -0.25) is 4.79 Å². The zero-order valence-electron chi connectivity index (χ0n) is 12.0. The SMILES string of the molecule is CCCCCCCC(C)C(=O)NCC1(CO)CC1. The molecule has 2 N–H and O–H groups in total. The third kappa shape index (κ3) is 5.38. The fraction of sp³-hybridized carbons (Fsp3) is 0.933. The lowest BCUT2D eigenvalue weighted by Crippen LogP contribution is -2.35. The fourth-order valence-corrected chi connectivity index (χ4v) is 2.20. The van der Waals surface area contributed by atoms with Gasteiger partial charge in [-0.1, -0.05) is 46.0 Å². The van der Waals surface area contributed by atoms with Crippen LogP contribution in [0.25, 0.3) is 0 Å². The van der Waals surface area contributed by atoms with E-state index < -0.39 is 0 Å². The van der Waals surface area contributed by atoms with Crippen LogP contribution >= 0.6 is 0 Å². The Bertz CT molecular complexity index is 249. The molecular weight excluding hydrogens is 226 g/mol. The molecule has 1 saturated carbocycles. The minimum absolute atomic E-state index is 0.0243. The Balaban J connectivity index is 2.05. The second-order valence-corrected chi connectivity index (χ2v) is 5.98. The summed E-state index contributed by atoms with van der Waals surface area (Å²) in [7, 11) is 0. The van der Waals surface area contributed by atoms with Crippen molar-refractivity contribution in [3.05, 3.63) is 0 Å². The molecule has 3 nitrogen and oxygen atoms in total. The molecule has 0 aromatic heterocycles. The van der Waals surface area contributed by atoms with Gasteiger partial charge in [-0.25, -0.2) is 0 Å².